The zero-order valence-electron chi connectivity index (χ0n) is 13.2. The number of nitrogens with two attached hydrogens (primary N) is 1. The molecule has 0 spiro atoms. The van der Waals surface area contributed by atoms with E-state index in [1.807, 2.05) is 20.8 Å². The second-order valence-corrected chi connectivity index (χ2v) is 6.74. The lowest BCUT2D eigenvalue weighted by Gasteiger charge is -2.39. The summed E-state index contributed by atoms with van der Waals surface area (Å²) in [6.45, 7) is 7.80. The summed E-state index contributed by atoms with van der Waals surface area (Å²) in [5.41, 5.74) is 6.89. The predicted octanol–water partition coefficient (Wildman–Crippen LogP) is 3.17. The zero-order valence-corrected chi connectivity index (χ0v) is 14.0. The number of carbonyl (C=O) groups is 1. The molecule has 0 saturated heterocycles. The number of thiocarbonyl (C=S) groups is 1. The highest BCUT2D eigenvalue weighted by molar-refractivity contribution is 7.80. The van der Waals surface area contributed by atoms with E-state index in [0.717, 1.165) is 37.0 Å². The first kappa shape index (κ1) is 16.0. The van der Waals surface area contributed by atoms with Crippen molar-refractivity contribution in [2.75, 3.05) is 0 Å². The van der Waals surface area contributed by atoms with Crippen molar-refractivity contribution in [2.45, 2.75) is 58.9 Å². The molecule has 1 aromatic rings. The van der Waals surface area contributed by atoms with Gasteiger partial charge in [-0.25, -0.2) is 0 Å². The number of hydrogen-bond acceptors (Lipinski definition) is 3. The van der Waals surface area contributed by atoms with Crippen molar-refractivity contribution < 1.29 is 9.21 Å². The topological polar surface area (TPSA) is 68.3 Å². The van der Waals surface area contributed by atoms with E-state index in [4.69, 9.17) is 22.4 Å². The third-order valence-corrected chi connectivity index (χ3v) is 5.13. The molecule has 3 N–H and O–H groups in total. The van der Waals surface area contributed by atoms with Gasteiger partial charge in [0, 0.05) is 5.56 Å². The molecule has 1 saturated carbocycles. The molecule has 1 aliphatic rings. The highest BCUT2D eigenvalue weighted by Crippen LogP contribution is 2.33. The van der Waals surface area contributed by atoms with Gasteiger partial charge >= 0.3 is 0 Å². The van der Waals surface area contributed by atoms with Crippen molar-refractivity contribution in [3.8, 4) is 0 Å². The molecule has 0 unspecified atom stereocenters. The van der Waals surface area contributed by atoms with Crippen molar-refractivity contribution in [1.29, 1.82) is 0 Å². The van der Waals surface area contributed by atoms with Crippen LogP contribution in [-0.4, -0.2) is 16.4 Å². The van der Waals surface area contributed by atoms with Gasteiger partial charge < -0.3 is 15.5 Å². The predicted molar refractivity (Wildman–Crippen MR) is 87.5 cm³/mol. The summed E-state index contributed by atoms with van der Waals surface area (Å²) in [5.74, 6) is 1.94. The van der Waals surface area contributed by atoms with Gasteiger partial charge in [0.25, 0.3) is 5.91 Å². The van der Waals surface area contributed by atoms with Crippen molar-refractivity contribution in [2.24, 2.45) is 11.7 Å². The summed E-state index contributed by atoms with van der Waals surface area (Å²) in [7, 11) is 0. The van der Waals surface area contributed by atoms with Gasteiger partial charge in [-0.3, -0.25) is 4.79 Å². The summed E-state index contributed by atoms with van der Waals surface area (Å²) in [6, 6.07) is 0. The van der Waals surface area contributed by atoms with Gasteiger partial charge in [-0.15, -0.1) is 0 Å². The lowest BCUT2D eigenvalue weighted by atomic mass is 9.77. The van der Waals surface area contributed by atoms with E-state index in [1.165, 1.54) is 0 Å². The zero-order chi connectivity index (χ0) is 15.8. The van der Waals surface area contributed by atoms with Crippen LogP contribution < -0.4 is 11.1 Å². The molecule has 116 valence electrons. The van der Waals surface area contributed by atoms with E-state index < -0.39 is 5.54 Å². The minimum Gasteiger partial charge on any atom is -0.466 e. The molecule has 0 atom stereocenters. The van der Waals surface area contributed by atoms with Gasteiger partial charge in [-0.2, -0.15) is 0 Å². The number of furan rings is 1. The van der Waals surface area contributed by atoms with Crippen LogP contribution >= 0.6 is 12.2 Å². The first-order valence-corrected chi connectivity index (χ1v) is 7.86. The van der Waals surface area contributed by atoms with E-state index in [9.17, 15) is 4.79 Å². The minimum atomic E-state index is -0.553. The fourth-order valence-corrected chi connectivity index (χ4v) is 3.35. The second kappa shape index (κ2) is 5.79. The summed E-state index contributed by atoms with van der Waals surface area (Å²) in [5, 5.41) is 3.10. The number of amides is 1. The maximum absolute atomic E-state index is 12.7. The Bertz CT molecular complexity index is 569. The van der Waals surface area contributed by atoms with Crippen LogP contribution in [0.3, 0.4) is 0 Å². The molecule has 0 aliphatic heterocycles. The third kappa shape index (κ3) is 2.98. The normalized spacial score (nSPS) is 25.6. The van der Waals surface area contributed by atoms with Crippen molar-refractivity contribution >= 4 is 23.1 Å². The largest absolute Gasteiger partial charge is 0.466 e. The van der Waals surface area contributed by atoms with Crippen LogP contribution in [0.5, 0.6) is 0 Å². The van der Waals surface area contributed by atoms with Crippen LogP contribution in [0.4, 0.5) is 0 Å². The van der Waals surface area contributed by atoms with Crippen molar-refractivity contribution in [3.05, 3.63) is 22.6 Å². The van der Waals surface area contributed by atoms with E-state index in [0.29, 0.717) is 22.2 Å². The van der Waals surface area contributed by atoms with E-state index in [2.05, 4.69) is 12.2 Å². The molecule has 1 aliphatic carbocycles. The smallest absolute Gasteiger partial charge is 0.255 e. The fourth-order valence-electron chi connectivity index (χ4n) is 3.10. The Kier molecular flexibility index (Phi) is 4.42. The molecule has 21 heavy (non-hydrogen) atoms. The highest BCUT2D eigenvalue weighted by Gasteiger charge is 2.39. The first-order valence-electron chi connectivity index (χ1n) is 7.46. The van der Waals surface area contributed by atoms with Gasteiger partial charge in [0.05, 0.1) is 16.1 Å². The summed E-state index contributed by atoms with van der Waals surface area (Å²) in [6.07, 6.45) is 3.67. The van der Waals surface area contributed by atoms with Crippen LogP contribution in [0.15, 0.2) is 4.42 Å². The highest BCUT2D eigenvalue weighted by atomic mass is 32.1. The number of nitrogens with one attached hydrogen (secondary N) is 1. The van der Waals surface area contributed by atoms with Crippen molar-refractivity contribution in [1.82, 2.24) is 5.32 Å². The Morgan fingerprint density at radius 1 is 1.29 bits per heavy atom. The van der Waals surface area contributed by atoms with Gasteiger partial charge in [0.1, 0.15) is 11.5 Å². The van der Waals surface area contributed by atoms with Crippen LogP contribution in [-0.2, 0) is 0 Å². The molecule has 1 aromatic heterocycles. The molecule has 2 rings (SSSR count). The molecule has 5 heteroatoms. The van der Waals surface area contributed by atoms with Crippen LogP contribution in [0.25, 0.3) is 0 Å². The van der Waals surface area contributed by atoms with Gasteiger partial charge in [0.15, 0.2) is 0 Å². The Balaban J connectivity index is 2.25. The lowest BCUT2D eigenvalue weighted by molar-refractivity contribution is 0.0898. The molecule has 4 nitrogen and oxygen atoms in total. The van der Waals surface area contributed by atoms with Gasteiger partial charge in [0.2, 0.25) is 0 Å². The maximum Gasteiger partial charge on any atom is 0.255 e. The van der Waals surface area contributed by atoms with Crippen molar-refractivity contribution in [3.63, 3.8) is 0 Å². The Morgan fingerprint density at radius 3 is 2.29 bits per heavy atom. The van der Waals surface area contributed by atoms with Gasteiger partial charge in [-0.05, 0) is 52.4 Å². The molecule has 0 radical (unpaired) electrons. The molecule has 1 heterocycles. The molecule has 0 bridgehead atoms. The molecule has 1 fully saturated rings. The molecular formula is C16H24N2O2S. The first-order chi connectivity index (χ1) is 9.77. The summed E-state index contributed by atoms with van der Waals surface area (Å²) < 4.78 is 5.54. The SMILES string of the molecule is Cc1oc(C)c(C(=O)NC2(C(N)=S)CCC(C)CC2)c1C. The number of hydrogen-bond donors (Lipinski definition) is 2. The lowest BCUT2D eigenvalue weighted by Crippen LogP contribution is -2.58. The molecule has 0 aromatic carbocycles. The van der Waals surface area contributed by atoms with E-state index >= 15 is 0 Å². The standard InChI is InChI=1S/C16H24N2O2S/c1-9-5-7-16(8-6-9,15(17)21)18-14(19)13-10(2)11(3)20-12(13)4/h9H,5-8H2,1-4H3,(H2,17,21)(H,18,19). The summed E-state index contributed by atoms with van der Waals surface area (Å²) >= 11 is 5.25. The number of carbonyl (C=O) groups excluding carboxylic acids is 1. The van der Waals surface area contributed by atoms with E-state index in [1.54, 1.807) is 0 Å². The van der Waals surface area contributed by atoms with E-state index in [-0.39, 0.29) is 5.91 Å². The fraction of sp³-hybridized carbons (Fsp3) is 0.625. The second-order valence-electron chi connectivity index (χ2n) is 6.30. The quantitative estimate of drug-likeness (QED) is 0.842. The Labute approximate surface area is 131 Å². The van der Waals surface area contributed by atoms with Crippen LogP contribution in [0, 0.1) is 26.7 Å². The summed E-state index contributed by atoms with van der Waals surface area (Å²) in [4.78, 5) is 13.1. The van der Waals surface area contributed by atoms with Crippen LogP contribution in [0.1, 0.15) is 60.0 Å². The molecule has 1 amide bonds. The average Bonchev–Trinajstić information content (AvgIpc) is 2.66. The average molecular weight is 308 g/mol. The van der Waals surface area contributed by atoms with Gasteiger partial charge in [-0.1, -0.05) is 19.1 Å². The third-order valence-electron chi connectivity index (χ3n) is 4.74. The molecular weight excluding hydrogens is 284 g/mol. The van der Waals surface area contributed by atoms with Crippen LogP contribution in [0.2, 0.25) is 0 Å². The number of rotatable bonds is 3. The Hall–Kier alpha value is -1.36. The monoisotopic (exact) mass is 308 g/mol. The minimum absolute atomic E-state index is 0.135. The number of aryl methyl sites for hydroxylation is 2. The maximum atomic E-state index is 12.7. The Morgan fingerprint density at radius 2 is 1.86 bits per heavy atom.